The highest BCUT2D eigenvalue weighted by molar-refractivity contribution is 6.24. The number of amides is 6. The number of carbonyl (C=O) groups excluding carboxylic acids is 6. The molecule has 1 atom stereocenters. The van der Waals surface area contributed by atoms with E-state index in [9.17, 15) is 28.8 Å². The SMILES string of the molecule is CCN(CC)C(=O)CCC(=O)NCCCCCCCc1cccc2c1C(=O)N(C1CCC(=O)NC1=O)C2=O. The maximum absolute atomic E-state index is 13.1. The standard InChI is InChI=1S/C28H38N4O6/c1-3-31(4-2)24(35)17-16-22(33)29-18-9-7-5-6-8-11-19-12-10-13-20-25(19)28(38)32(27(20)37)21-14-15-23(34)30-26(21)36/h10,12-13,21H,3-9,11,14-18H2,1-2H3,(H,29,33)(H,30,34,36). The van der Waals surface area contributed by atoms with E-state index >= 15 is 0 Å². The summed E-state index contributed by atoms with van der Waals surface area (Å²) >= 11 is 0. The third kappa shape index (κ3) is 7.05. The average molecular weight is 527 g/mol. The molecule has 0 bridgehead atoms. The van der Waals surface area contributed by atoms with Gasteiger partial charge in [-0.25, -0.2) is 0 Å². The average Bonchev–Trinajstić information content (AvgIpc) is 3.15. The monoisotopic (exact) mass is 526 g/mol. The van der Waals surface area contributed by atoms with Crippen LogP contribution in [0.25, 0.3) is 0 Å². The van der Waals surface area contributed by atoms with E-state index in [1.807, 2.05) is 19.9 Å². The zero-order valence-corrected chi connectivity index (χ0v) is 22.3. The number of nitrogens with one attached hydrogen (secondary N) is 2. The molecule has 0 spiro atoms. The second kappa shape index (κ2) is 13.8. The van der Waals surface area contributed by atoms with Gasteiger partial charge in [-0.15, -0.1) is 0 Å². The molecule has 3 rings (SSSR count). The van der Waals surface area contributed by atoms with Crippen LogP contribution in [-0.2, 0) is 25.6 Å². The molecule has 1 saturated heterocycles. The molecule has 38 heavy (non-hydrogen) atoms. The van der Waals surface area contributed by atoms with Gasteiger partial charge in [-0.1, -0.05) is 31.4 Å². The van der Waals surface area contributed by atoms with E-state index in [0.717, 1.165) is 42.6 Å². The fraction of sp³-hybridized carbons (Fsp3) is 0.571. The van der Waals surface area contributed by atoms with Crippen LogP contribution in [0, 0.1) is 0 Å². The molecular weight excluding hydrogens is 488 g/mol. The Labute approximate surface area is 223 Å². The highest BCUT2D eigenvalue weighted by atomic mass is 16.2. The van der Waals surface area contributed by atoms with E-state index in [1.54, 1.807) is 17.0 Å². The summed E-state index contributed by atoms with van der Waals surface area (Å²) in [4.78, 5) is 76.5. The highest BCUT2D eigenvalue weighted by Gasteiger charge is 2.45. The fourth-order valence-electron chi connectivity index (χ4n) is 5.04. The van der Waals surface area contributed by atoms with Crippen molar-refractivity contribution in [3.05, 3.63) is 34.9 Å². The number of hydrogen-bond acceptors (Lipinski definition) is 6. The molecule has 2 aliphatic rings. The van der Waals surface area contributed by atoms with Crippen molar-refractivity contribution in [1.29, 1.82) is 0 Å². The van der Waals surface area contributed by atoms with Gasteiger partial charge >= 0.3 is 0 Å². The third-order valence-electron chi connectivity index (χ3n) is 7.18. The number of aryl methyl sites for hydroxylation is 1. The molecule has 1 unspecified atom stereocenters. The van der Waals surface area contributed by atoms with Crippen LogP contribution in [0.2, 0.25) is 0 Å². The van der Waals surface area contributed by atoms with Crippen molar-refractivity contribution >= 4 is 35.4 Å². The molecule has 1 aromatic carbocycles. The normalized spacial score (nSPS) is 16.9. The van der Waals surface area contributed by atoms with Crippen LogP contribution in [0.5, 0.6) is 0 Å². The first kappa shape index (κ1) is 29.0. The number of nitrogens with zero attached hydrogens (tertiary/aromatic N) is 2. The van der Waals surface area contributed by atoms with Crippen LogP contribution < -0.4 is 10.6 Å². The molecule has 0 aliphatic carbocycles. The van der Waals surface area contributed by atoms with Gasteiger partial charge in [-0.05, 0) is 51.2 Å². The molecule has 1 aromatic rings. The minimum Gasteiger partial charge on any atom is -0.356 e. The summed E-state index contributed by atoms with van der Waals surface area (Å²) in [6.07, 6.45) is 5.87. The molecule has 0 aromatic heterocycles. The molecule has 0 saturated carbocycles. The Morgan fingerprint density at radius 1 is 0.974 bits per heavy atom. The van der Waals surface area contributed by atoms with Crippen molar-refractivity contribution in [2.75, 3.05) is 19.6 Å². The van der Waals surface area contributed by atoms with Gasteiger partial charge in [0.1, 0.15) is 6.04 Å². The fourth-order valence-corrected chi connectivity index (χ4v) is 5.04. The maximum atomic E-state index is 13.1. The van der Waals surface area contributed by atoms with Gasteiger partial charge in [0, 0.05) is 38.9 Å². The topological polar surface area (TPSA) is 133 Å². The Morgan fingerprint density at radius 2 is 1.68 bits per heavy atom. The van der Waals surface area contributed by atoms with Crippen LogP contribution in [0.3, 0.4) is 0 Å². The minimum absolute atomic E-state index is 0.00366. The number of piperidine rings is 1. The zero-order valence-electron chi connectivity index (χ0n) is 22.3. The number of carbonyl (C=O) groups is 6. The Morgan fingerprint density at radius 3 is 2.39 bits per heavy atom. The Kier molecular flexibility index (Phi) is 10.6. The van der Waals surface area contributed by atoms with Gasteiger partial charge in [0.25, 0.3) is 11.8 Å². The van der Waals surface area contributed by atoms with Crippen LogP contribution in [0.15, 0.2) is 18.2 Å². The van der Waals surface area contributed by atoms with Gasteiger partial charge in [0.2, 0.25) is 23.6 Å². The molecule has 1 fully saturated rings. The number of imide groups is 2. The van der Waals surface area contributed by atoms with Gasteiger partial charge < -0.3 is 10.2 Å². The number of unbranched alkanes of at least 4 members (excludes halogenated alkanes) is 4. The summed E-state index contributed by atoms with van der Waals surface area (Å²) in [5, 5.41) is 5.09. The molecule has 10 heteroatoms. The highest BCUT2D eigenvalue weighted by Crippen LogP contribution is 2.30. The summed E-state index contributed by atoms with van der Waals surface area (Å²) in [5.74, 6) is -2.06. The number of benzene rings is 1. The van der Waals surface area contributed by atoms with Gasteiger partial charge in [0.05, 0.1) is 11.1 Å². The molecule has 0 radical (unpaired) electrons. The molecule has 2 heterocycles. The summed E-state index contributed by atoms with van der Waals surface area (Å²) in [5.41, 5.74) is 1.47. The molecule has 2 aliphatic heterocycles. The number of rotatable bonds is 14. The Hall–Kier alpha value is -3.56. The summed E-state index contributed by atoms with van der Waals surface area (Å²) in [6, 6.07) is 4.25. The first-order valence-corrected chi connectivity index (χ1v) is 13.7. The lowest BCUT2D eigenvalue weighted by molar-refractivity contribution is -0.136. The van der Waals surface area contributed by atoms with E-state index < -0.39 is 29.7 Å². The summed E-state index contributed by atoms with van der Waals surface area (Å²) < 4.78 is 0. The van der Waals surface area contributed by atoms with Gasteiger partial charge in [-0.2, -0.15) is 0 Å². The van der Waals surface area contributed by atoms with Crippen molar-refractivity contribution < 1.29 is 28.8 Å². The second-order valence-electron chi connectivity index (χ2n) is 9.72. The summed E-state index contributed by atoms with van der Waals surface area (Å²) in [7, 11) is 0. The smallest absolute Gasteiger partial charge is 0.262 e. The van der Waals surface area contributed by atoms with Crippen LogP contribution >= 0.6 is 0 Å². The molecule has 2 N–H and O–H groups in total. The third-order valence-corrected chi connectivity index (χ3v) is 7.18. The van der Waals surface area contributed by atoms with E-state index in [1.165, 1.54) is 0 Å². The van der Waals surface area contributed by atoms with E-state index in [4.69, 9.17) is 0 Å². The van der Waals surface area contributed by atoms with Crippen LogP contribution in [0.4, 0.5) is 0 Å². The van der Waals surface area contributed by atoms with Crippen molar-refractivity contribution in [3.63, 3.8) is 0 Å². The first-order valence-electron chi connectivity index (χ1n) is 13.7. The van der Waals surface area contributed by atoms with E-state index in [2.05, 4.69) is 10.6 Å². The first-order chi connectivity index (χ1) is 18.3. The van der Waals surface area contributed by atoms with Gasteiger partial charge in [0.15, 0.2) is 0 Å². The lowest BCUT2D eigenvalue weighted by Gasteiger charge is -2.27. The van der Waals surface area contributed by atoms with Crippen LogP contribution in [-0.4, -0.2) is 70.9 Å². The Balaban J connectivity index is 1.37. The minimum atomic E-state index is -0.962. The van der Waals surface area contributed by atoms with Crippen molar-refractivity contribution in [3.8, 4) is 0 Å². The second-order valence-corrected chi connectivity index (χ2v) is 9.72. The molecule has 10 nitrogen and oxygen atoms in total. The van der Waals surface area contributed by atoms with Crippen molar-refractivity contribution in [1.82, 2.24) is 20.4 Å². The lowest BCUT2D eigenvalue weighted by atomic mass is 9.97. The lowest BCUT2D eigenvalue weighted by Crippen LogP contribution is -2.54. The molecule has 206 valence electrons. The maximum Gasteiger partial charge on any atom is 0.262 e. The number of fused-ring (bicyclic) bond motifs is 1. The largest absolute Gasteiger partial charge is 0.356 e. The van der Waals surface area contributed by atoms with E-state index in [-0.39, 0.29) is 37.5 Å². The summed E-state index contributed by atoms with van der Waals surface area (Å²) in [6.45, 7) is 5.73. The quantitative estimate of drug-likeness (QED) is 0.282. The van der Waals surface area contributed by atoms with E-state index in [0.29, 0.717) is 37.2 Å². The predicted octanol–water partition coefficient (Wildman–Crippen LogP) is 2.35. The van der Waals surface area contributed by atoms with Crippen molar-refractivity contribution in [2.45, 2.75) is 84.1 Å². The number of hydrogen-bond donors (Lipinski definition) is 2. The van der Waals surface area contributed by atoms with Crippen molar-refractivity contribution in [2.24, 2.45) is 0 Å². The molecular formula is C28H38N4O6. The Bertz CT molecular complexity index is 1080. The van der Waals surface area contributed by atoms with Crippen LogP contribution in [0.1, 0.15) is 97.9 Å². The molecule has 6 amide bonds. The zero-order chi connectivity index (χ0) is 27.7. The van der Waals surface area contributed by atoms with Gasteiger partial charge in [-0.3, -0.25) is 39.0 Å². The predicted molar refractivity (Wildman–Crippen MR) is 140 cm³/mol.